The smallest absolute Gasteiger partial charge is 0.349 e. The highest BCUT2D eigenvalue weighted by molar-refractivity contribution is 5.95. The number of carbonyl (C=O) groups is 1. The number of isocyanates is 1. The highest BCUT2D eigenvalue weighted by atomic mass is 19.4. The van der Waals surface area contributed by atoms with Crippen LogP contribution in [0.2, 0.25) is 0 Å². The molecule has 47 heavy (non-hydrogen) atoms. The molecule has 25 heteroatoms. The number of nitrogens with zero attached hydrogens (tertiary/aromatic N) is 1. The molecule has 0 saturated heterocycles. The number of hydrogen-bond donors (Lipinski definition) is 1. The predicted molar refractivity (Wildman–Crippen MR) is 111 cm³/mol. The third-order valence-electron chi connectivity index (χ3n) is 6.01. The van der Waals surface area contributed by atoms with Crippen molar-refractivity contribution in [1.82, 2.24) is 5.32 Å². The van der Waals surface area contributed by atoms with Crippen LogP contribution in [0.15, 0.2) is 23.2 Å². The van der Waals surface area contributed by atoms with E-state index >= 15 is 0 Å². The number of alkyl halides is 21. The van der Waals surface area contributed by atoms with Crippen LogP contribution in [0.1, 0.15) is 29.3 Å². The van der Waals surface area contributed by atoms with Gasteiger partial charge in [-0.2, -0.15) is 97.2 Å². The van der Waals surface area contributed by atoms with Gasteiger partial charge in [0.05, 0.1) is 5.69 Å². The van der Waals surface area contributed by atoms with Crippen LogP contribution in [-0.2, 0) is 4.79 Å². The minimum absolute atomic E-state index is 0.0984. The second-order valence-electron chi connectivity index (χ2n) is 9.64. The molecule has 0 bridgehead atoms. The van der Waals surface area contributed by atoms with Gasteiger partial charge in [-0.15, -0.1) is 0 Å². The summed E-state index contributed by atoms with van der Waals surface area (Å²) in [6, 6.07) is 0.119. The predicted octanol–water partition coefficient (Wildman–Crippen LogP) is 8.75. The molecule has 1 unspecified atom stereocenters. The molecule has 0 heterocycles. The topological polar surface area (TPSA) is 58.5 Å². The second kappa shape index (κ2) is 11.9. The van der Waals surface area contributed by atoms with Gasteiger partial charge in [0.2, 0.25) is 6.08 Å². The lowest BCUT2D eigenvalue weighted by atomic mass is 9.85. The summed E-state index contributed by atoms with van der Waals surface area (Å²) >= 11 is 0. The molecule has 0 aliphatic rings. The van der Waals surface area contributed by atoms with Gasteiger partial charge < -0.3 is 5.32 Å². The Morgan fingerprint density at radius 1 is 0.638 bits per heavy atom. The molecule has 0 saturated carbocycles. The van der Waals surface area contributed by atoms with Crippen molar-refractivity contribution in [1.29, 1.82) is 0 Å². The quantitative estimate of drug-likeness (QED) is 0.125. The summed E-state index contributed by atoms with van der Waals surface area (Å²) in [7, 11) is 0. The van der Waals surface area contributed by atoms with Crippen LogP contribution in [0.3, 0.4) is 0 Å². The van der Waals surface area contributed by atoms with Gasteiger partial charge in [0.25, 0.3) is 5.91 Å². The Morgan fingerprint density at radius 2 is 1.00 bits per heavy atom. The fraction of sp³-hybridized carbons (Fsp3) is 0.636. The SMILES string of the molecule is Cc1cc(N=C=O)cc(C(=O)NC(C)CC(F)(F)C(F)(F)C(F)(F)C(F)(F)C(F)(F)C(F)(F)C(F)(F)C(F)(F)C(F)(F)C(F)(F)F)c1. The molecule has 1 aromatic carbocycles. The van der Waals surface area contributed by atoms with E-state index in [1.807, 2.05) is 0 Å². The fourth-order valence-electron chi connectivity index (χ4n) is 3.47. The first-order valence-electron chi connectivity index (χ1n) is 11.4. The number of nitrogens with one attached hydrogen (secondary N) is 1. The van der Waals surface area contributed by atoms with Gasteiger partial charge in [-0.05, 0) is 37.6 Å². The molecule has 0 aromatic heterocycles. The Hall–Kier alpha value is -3.40. The fourth-order valence-corrected chi connectivity index (χ4v) is 3.47. The minimum atomic E-state index is -9.25. The molecule has 0 spiro atoms. The molecule has 4 nitrogen and oxygen atoms in total. The zero-order chi connectivity index (χ0) is 37.8. The zero-order valence-electron chi connectivity index (χ0n) is 22.2. The van der Waals surface area contributed by atoms with Crippen LogP contribution in [0, 0.1) is 6.92 Å². The molecule has 1 amide bonds. The Bertz CT molecular complexity index is 1380. The van der Waals surface area contributed by atoms with Crippen molar-refractivity contribution in [3.05, 3.63) is 29.3 Å². The third kappa shape index (κ3) is 6.30. The third-order valence-corrected chi connectivity index (χ3v) is 6.01. The molecule has 1 rings (SSSR count). The first-order chi connectivity index (χ1) is 20.5. The molecule has 1 N–H and O–H groups in total. The van der Waals surface area contributed by atoms with Crippen LogP contribution in [-0.4, -0.2) is 77.5 Å². The lowest BCUT2D eigenvalue weighted by molar-refractivity contribution is -0.474. The molecular weight excluding hydrogens is 723 g/mol. The molecule has 0 radical (unpaired) electrons. The van der Waals surface area contributed by atoms with Crippen LogP contribution in [0.4, 0.5) is 97.9 Å². The normalized spacial score (nSPS) is 15.6. The van der Waals surface area contributed by atoms with Gasteiger partial charge in [0.15, 0.2) is 0 Å². The van der Waals surface area contributed by atoms with E-state index in [9.17, 15) is 102 Å². The van der Waals surface area contributed by atoms with Crippen LogP contribution in [0.25, 0.3) is 0 Å². The first kappa shape index (κ1) is 41.6. The average molecular weight is 736 g/mol. The zero-order valence-corrected chi connectivity index (χ0v) is 22.2. The minimum Gasteiger partial charge on any atom is -0.349 e. The first-order valence-corrected chi connectivity index (χ1v) is 11.4. The van der Waals surface area contributed by atoms with Gasteiger partial charge >= 0.3 is 59.5 Å². The highest BCUT2D eigenvalue weighted by Crippen LogP contribution is 2.66. The molecule has 270 valence electrons. The summed E-state index contributed by atoms with van der Waals surface area (Å²) in [6.07, 6.45) is -10.0. The van der Waals surface area contributed by atoms with Gasteiger partial charge in [0.1, 0.15) is 0 Å². The van der Waals surface area contributed by atoms with Gasteiger partial charge in [-0.3, -0.25) is 4.79 Å². The van der Waals surface area contributed by atoms with Gasteiger partial charge in [0, 0.05) is 18.0 Å². The Kier molecular flexibility index (Phi) is 10.6. The van der Waals surface area contributed by atoms with E-state index in [0.717, 1.165) is 18.2 Å². The van der Waals surface area contributed by atoms with E-state index in [4.69, 9.17) is 0 Å². The molecule has 0 aliphatic heterocycles. The summed E-state index contributed by atoms with van der Waals surface area (Å²) in [5, 5.41) is 1.39. The largest absolute Gasteiger partial charge is 0.460 e. The maximum Gasteiger partial charge on any atom is 0.460 e. The lowest BCUT2D eigenvalue weighted by Crippen LogP contribution is -2.76. The van der Waals surface area contributed by atoms with E-state index in [2.05, 4.69) is 4.99 Å². The van der Waals surface area contributed by atoms with Crippen molar-refractivity contribution in [3.8, 4) is 0 Å². The summed E-state index contributed by atoms with van der Waals surface area (Å²) in [5.74, 6) is -79.4. The highest BCUT2D eigenvalue weighted by Gasteiger charge is 2.97. The van der Waals surface area contributed by atoms with E-state index in [0.29, 0.717) is 6.07 Å². The summed E-state index contributed by atoms with van der Waals surface area (Å²) in [6.45, 7) is 1.48. The summed E-state index contributed by atoms with van der Waals surface area (Å²) in [5.41, 5.74) is -0.866. The van der Waals surface area contributed by atoms with Crippen LogP contribution >= 0.6 is 0 Å². The molecule has 1 atom stereocenters. The van der Waals surface area contributed by atoms with Crippen molar-refractivity contribution in [2.45, 2.75) is 85.8 Å². The maximum atomic E-state index is 14.3. The number of aryl methyl sites for hydroxylation is 1. The molecule has 1 aromatic rings. The molecule has 0 aliphatic carbocycles. The monoisotopic (exact) mass is 736 g/mol. The molecular formula is C22H13F21N2O2. The number of benzene rings is 1. The summed E-state index contributed by atoms with van der Waals surface area (Å²) in [4.78, 5) is 25.6. The van der Waals surface area contributed by atoms with E-state index in [-0.39, 0.29) is 18.2 Å². The number of aliphatic imine (C=N–C) groups is 1. The number of hydrogen-bond acceptors (Lipinski definition) is 3. The number of amides is 1. The van der Waals surface area contributed by atoms with E-state index in [1.165, 1.54) is 12.2 Å². The average Bonchev–Trinajstić information content (AvgIpc) is 2.86. The van der Waals surface area contributed by atoms with Crippen molar-refractivity contribution in [3.63, 3.8) is 0 Å². The number of carbonyl (C=O) groups excluding carboxylic acids is 2. The standard InChI is InChI=1S/C22H13F21N2O2/c1-8-3-10(5-11(4-8)44-7-46)12(47)45-9(2)6-13(23,24)14(25,26)15(27,28)16(29,30)17(31,32)18(33,34)19(35,36)20(37,38)21(39,40)22(41,42)43/h3-5,9H,6H2,1-2H3,(H,45,47). The van der Waals surface area contributed by atoms with Crippen LogP contribution < -0.4 is 5.32 Å². The Labute approximate surface area is 246 Å². The van der Waals surface area contributed by atoms with Crippen molar-refractivity contribution < 1.29 is 102 Å². The Balaban J connectivity index is 3.56. The number of halogens is 21. The van der Waals surface area contributed by atoms with Crippen molar-refractivity contribution in [2.75, 3.05) is 0 Å². The molecule has 0 fully saturated rings. The van der Waals surface area contributed by atoms with Gasteiger partial charge in [-0.1, -0.05) is 0 Å². The van der Waals surface area contributed by atoms with E-state index < -0.39 is 83.4 Å². The maximum absolute atomic E-state index is 14.3. The lowest BCUT2D eigenvalue weighted by Gasteiger charge is -2.44. The van der Waals surface area contributed by atoms with Crippen molar-refractivity contribution in [2.24, 2.45) is 4.99 Å². The number of rotatable bonds is 13. The Morgan fingerprint density at radius 3 is 1.36 bits per heavy atom. The van der Waals surface area contributed by atoms with E-state index in [1.54, 1.807) is 0 Å². The van der Waals surface area contributed by atoms with Crippen molar-refractivity contribution >= 4 is 17.7 Å². The summed E-state index contributed by atoms with van der Waals surface area (Å²) < 4.78 is 284. The van der Waals surface area contributed by atoms with Crippen LogP contribution in [0.5, 0.6) is 0 Å². The second-order valence-corrected chi connectivity index (χ2v) is 9.64. The van der Waals surface area contributed by atoms with Gasteiger partial charge in [-0.25, -0.2) is 4.79 Å².